The van der Waals surface area contributed by atoms with Gasteiger partial charge in [-0.15, -0.1) is 0 Å². The maximum absolute atomic E-state index is 13.5. The fourth-order valence-corrected chi connectivity index (χ4v) is 6.38. The number of hydrogen-bond acceptors (Lipinski definition) is 4. The lowest BCUT2D eigenvalue weighted by Crippen LogP contribution is -2.55. The van der Waals surface area contributed by atoms with Crippen LogP contribution < -0.4 is 4.31 Å². The van der Waals surface area contributed by atoms with Gasteiger partial charge in [0.2, 0.25) is 15.9 Å². The normalized spacial score (nSPS) is 15.6. The van der Waals surface area contributed by atoms with Crippen molar-refractivity contribution in [2.24, 2.45) is 0 Å². The van der Waals surface area contributed by atoms with E-state index >= 15 is 0 Å². The highest BCUT2D eigenvalue weighted by molar-refractivity contribution is 7.92. The predicted octanol–water partition coefficient (Wildman–Crippen LogP) is 4.39. The van der Waals surface area contributed by atoms with Crippen LogP contribution >= 0.6 is 0 Å². The Morgan fingerprint density at radius 2 is 1.28 bits per heavy atom. The van der Waals surface area contributed by atoms with E-state index < -0.39 is 16.1 Å². The number of carbonyl (C=O) groups is 1. The summed E-state index contributed by atoms with van der Waals surface area (Å²) in [6, 6.07) is 25.7. The number of anilines is 1. The van der Waals surface area contributed by atoms with E-state index in [-0.39, 0.29) is 11.9 Å². The average molecular weight is 506 g/mol. The van der Waals surface area contributed by atoms with Gasteiger partial charge in [0.15, 0.2) is 0 Å². The molecule has 0 saturated carbocycles. The van der Waals surface area contributed by atoms with Crippen LogP contribution in [-0.4, -0.2) is 62.6 Å². The van der Waals surface area contributed by atoms with Crippen LogP contribution in [0.2, 0.25) is 0 Å². The van der Waals surface area contributed by atoms with Crippen LogP contribution in [0, 0.1) is 13.8 Å². The van der Waals surface area contributed by atoms with Gasteiger partial charge in [-0.25, -0.2) is 8.42 Å². The minimum atomic E-state index is -3.66. The topological polar surface area (TPSA) is 60.9 Å². The van der Waals surface area contributed by atoms with Gasteiger partial charge in [0, 0.05) is 26.2 Å². The number of hydrogen-bond donors (Lipinski definition) is 0. The van der Waals surface area contributed by atoms with Gasteiger partial charge in [0.05, 0.1) is 18.0 Å². The van der Waals surface area contributed by atoms with Crippen molar-refractivity contribution >= 4 is 21.6 Å². The summed E-state index contributed by atoms with van der Waals surface area (Å²) in [7, 11) is -3.66. The third kappa shape index (κ3) is 5.79. The third-order valence-corrected chi connectivity index (χ3v) is 7.99. The summed E-state index contributed by atoms with van der Waals surface area (Å²) in [5.74, 6) is -0.171. The number of aryl methyl sites for hydroxylation is 2. The second kappa shape index (κ2) is 10.8. The van der Waals surface area contributed by atoms with E-state index in [1.165, 1.54) is 15.4 Å². The molecule has 7 heteroatoms. The molecule has 190 valence electrons. The number of sulfonamides is 1. The van der Waals surface area contributed by atoms with Gasteiger partial charge >= 0.3 is 0 Å². The summed E-state index contributed by atoms with van der Waals surface area (Å²) in [6.45, 7) is 8.04. The largest absolute Gasteiger partial charge is 0.338 e. The fraction of sp³-hybridized carbons (Fsp3) is 0.345. The average Bonchev–Trinajstić information content (AvgIpc) is 2.84. The molecule has 0 unspecified atom stereocenters. The number of piperazine rings is 1. The Kier molecular flexibility index (Phi) is 7.81. The highest BCUT2D eigenvalue weighted by Crippen LogP contribution is 2.30. The molecule has 1 fully saturated rings. The molecule has 36 heavy (non-hydrogen) atoms. The maximum Gasteiger partial charge on any atom is 0.246 e. The Labute approximate surface area is 215 Å². The molecule has 4 rings (SSSR count). The summed E-state index contributed by atoms with van der Waals surface area (Å²) in [6.07, 6.45) is 1.16. The summed E-state index contributed by atoms with van der Waals surface area (Å²) >= 11 is 0. The quantitative estimate of drug-likeness (QED) is 0.478. The van der Waals surface area contributed by atoms with Crippen LogP contribution in [-0.2, 0) is 14.8 Å². The minimum Gasteiger partial charge on any atom is -0.338 e. The molecule has 6 nitrogen and oxygen atoms in total. The Morgan fingerprint density at radius 1 is 0.806 bits per heavy atom. The molecule has 0 spiro atoms. The third-order valence-electron chi connectivity index (χ3n) is 6.75. The molecule has 0 N–H and O–H groups in total. The first kappa shape index (κ1) is 25.9. The molecule has 1 atom stereocenters. The first-order chi connectivity index (χ1) is 17.1. The molecule has 0 radical (unpaired) electrons. The van der Waals surface area contributed by atoms with Crippen molar-refractivity contribution in [3.8, 4) is 0 Å². The number of benzene rings is 3. The van der Waals surface area contributed by atoms with Crippen molar-refractivity contribution in [3.63, 3.8) is 0 Å². The molecule has 1 heterocycles. The zero-order valence-corrected chi connectivity index (χ0v) is 22.3. The number of carbonyl (C=O) groups excluding carboxylic acids is 1. The van der Waals surface area contributed by atoms with Crippen molar-refractivity contribution in [2.75, 3.05) is 36.7 Å². The van der Waals surface area contributed by atoms with Gasteiger partial charge in [-0.2, -0.15) is 0 Å². The molecule has 0 aliphatic carbocycles. The number of rotatable bonds is 7. The van der Waals surface area contributed by atoms with Gasteiger partial charge < -0.3 is 4.90 Å². The van der Waals surface area contributed by atoms with Crippen molar-refractivity contribution < 1.29 is 13.2 Å². The van der Waals surface area contributed by atoms with Crippen molar-refractivity contribution in [2.45, 2.75) is 32.9 Å². The molecule has 0 aromatic heterocycles. The molecule has 1 aliphatic rings. The van der Waals surface area contributed by atoms with Gasteiger partial charge in [-0.3, -0.25) is 14.0 Å². The fourth-order valence-electron chi connectivity index (χ4n) is 5.23. The van der Waals surface area contributed by atoms with E-state index in [2.05, 4.69) is 53.4 Å². The van der Waals surface area contributed by atoms with E-state index in [0.29, 0.717) is 31.9 Å². The summed E-state index contributed by atoms with van der Waals surface area (Å²) in [5, 5.41) is 0. The SMILES string of the molecule is Cc1cc(C)cc(N([C@H](C)C(=O)N2CCN(C(c3ccccc3)c3ccccc3)CC2)S(C)(=O)=O)c1. The van der Waals surface area contributed by atoms with Gasteiger partial charge in [0.1, 0.15) is 6.04 Å². The Hall–Kier alpha value is -3.16. The summed E-state index contributed by atoms with van der Waals surface area (Å²) < 4.78 is 26.8. The van der Waals surface area contributed by atoms with E-state index in [1.807, 2.05) is 44.2 Å². The summed E-state index contributed by atoms with van der Waals surface area (Å²) in [4.78, 5) is 17.7. The van der Waals surface area contributed by atoms with E-state index in [9.17, 15) is 13.2 Å². The van der Waals surface area contributed by atoms with Crippen molar-refractivity contribution in [3.05, 3.63) is 101 Å². The van der Waals surface area contributed by atoms with Crippen LogP contribution in [0.4, 0.5) is 5.69 Å². The standard InChI is InChI=1S/C29H35N3O3S/c1-22-19-23(2)21-27(20-22)32(36(4,34)35)24(3)29(33)31-17-15-30(16-18-31)28(25-11-7-5-8-12-25)26-13-9-6-10-14-26/h5-14,19-21,24,28H,15-18H2,1-4H3/t24-/m1/s1. The Balaban J connectivity index is 1.53. The van der Waals surface area contributed by atoms with Crippen LogP contribution in [0.5, 0.6) is 0 Å². The molecule has 3 aromatic carbocycles. The zero-order chi connectivity index (χ0) is 25.9. The maximum atomic E-state index is 13.5. The number of nitrogens with zero attached hydrogens (tertiary/aromatic N) is 3. The highest BCUT2D eigenvalue weighted by Gasteiger charge is 2.35. The van der Waals surface area contributed by atoms with Crippen molar-refractivity contribution in [1.29, 1.82) is 0 Å². The molecule has 1 aliphatic heterocycles. The van der Waals surface area contributed by atoms with Gasteiger partial charge in [-0.05, 0) is 55.2 Å². The van der Waals surface area contributed by atoms with E-state index in [4.69, 9.17) is 0 Å². The first-order valence-electron chi connectivity index (χ1n) is 12.4. The predicted molar refractivity (Wildman–Crippen MR) is 146 cm³/mol. The van der Waals surface area contributed by atoms with Gasteiger partial charge in [0.25, 0.3) is 0 Å². The second-order valence-electron chi connectivity index (χ2n) is 9.67. The summed E-state index contributed by atoms with van der Waals surface area (Å²) in [5.41, 5.74) is 4.88. The van der Waals surface area contributed by atoms with Crippen LogP contribution in [0.15, 0.2) is 78.9 Å². The first-order valence-corrected chi connectivity index (χ1v) is 14.2. The number of amides is 1. The second-order valence-corrected chi connectivity index (χ2v) is 11.5. The van der Waals surface area contributed by atoms with Crippen LogP contribution in [0.3, 0.4) is 0 Å². The monoisotopic (exact) mass is 505 g/mol. The lowest BCUT2D eigenvalue weighted by molar-refractivity contribution is -0.134. The van der Waals surface area contributed by atoms with E-state index in [0.717, 1.165) is 17.4 Å². The van der Waals surface area contributed by atoms with Crippen LogP contribution in [0.1, 0.15) is 35.2 Å². The molecule has 0 bridgehead atoms. The lowest BCUT2D eigenvalue weighted by Gasteiger charge is -2.41. The molecular weight excluding hydrogens is 470 g/mol. The van der Waals surface area contributed by atoms with Gasteiger partial charge in [-0.1, -0.05) is 66.7 Å². The minimum absolute atomic E-state index is 0.102. The zero-order valence-electron chi connectivity index (χ0n) is 21.5. The van der Waals surface area contributed by atoms with Crippen molar-refractivity contribution in [1.82, 2.24) is 9.80 Å². The molecule has 1 saturated heterocycles. The highest BCUT2D eigenvalue weighted by atomic mass is 32.2. The molecular formula is C29H35N3O3S. The molecule has 1 amide bonds. The van der Waals surface area contributed by atoms with Crippen LogP contribution in [0.25, 0.3) is 0 Å². The smallest absolute Gasteiger partial charge is 0.246 e. The molecule has 3 aromatic rings. The Morgan fingerprint density at radius 3 is 1.72 bits per heavy atom. The Bertz CT molecular complexity index is 1230. The lowest BCUT2D eigenvalue weighted by atomic mass is 9.96. The van der Waals surface area contributed by atoms with E-state index in [1.54, 1.807) is 11.8 Å².